The highest BCUT2D eigenvalue weighted by Gasteiger charge is 2.35. The molecule has 34 heavy (non-hydrogen) atoms. The number of anilines is 1. The average molecular weight is 566 g/mol. The fourth-order valence-electron chi connectivity index (χ4n) is 3.79. The van der Waals surface area contributed by atoms with Gasteiger partial charge in [-0.1, -0.05) is 41.1 Å². The maximum Gasteiger partial charge on any atom is 0.260 e. The predicted octanol–water partition coefficient (Wildman–Crippen LogP) is 4.83. The number of rotatable bonds is 10. The van der Waals surface area contributed by atoms with E-state index in [-0.39, 0.29) is 16.8 Å². The molecule has 7 nitrogen and oxygen atoms in total. The number of amides is 1. The molecule has 0 N–H and O–H groups in total. The van der Waals surface area contributed by atoms with Gasteiger partial charge in [-0.15, -0.1) is 0 Å². The van der Waals surface area contributed by atoms with Crippen molar-refractivity contribution in [2.75, 3.05) is 38.1 Å². The van der Waals surface area contributed by atoms with Gasteiger partial charge in [0.05, 0.1) is 15.1 Å². The van der Waals surface area contributed by atoms with Gasteiger partial charge in [0, 0.05) is 36.2 Å². The van der Waals surface area contributed by atoms with Crippen molar-refractivity contribution in [3.63, 3.8) is 0 Å². The molecule has 0 radical (unpaired) electrons. The van der Waals surface area contributed by atoms with E-state index in [0.717, 1.165) is 47.2 Å². The number of halogens is 1. The molecule has 2 aromatic carbocycles. The van der Waals surface area contributed by atoms with Crippen molar-refractivity contribution >= 4 is 58.5 Å². The van der Waals surface area contributed by atoms with Gasteiger partial charge in [-0.3, -0.25) is 9.69 Å². The summed E-state index contributed by atoms with van der Waals surface area (Å²) in [4.78, 5) is 22.5. The van der Waals surface area contributed by atoms with Gasteiger partial charge in [-0.25, -0.2) is 13.4 Å². The highest BCUT2D eigenvalue weighted by molar-refractivity contribution is 9.10. The van der Waals surface area contributed by atoms with Gasteiger partial charge >= 0.3 is 0 Å². The smallest absolute Gasteiger partial charge is 0.260 e. The Labute approximate surface area is 213 Å². The van der Waals surface area contributed by atoms with Crippen molar-refractivity contribution in [2.24, 2.45) is 0 Å². The second kappa shape index (κ2) is 10.4. The summed E-state index contributed by atoms with van der Waals surface area (Å²) < 4.78 is 29.1. The molecule has 1 amide bonds. The third-order valence-corrected chi connectivity index (χ3v) is 9.65. The SMILES string of the molecule is CCN(CC)CCN(C(=O)c1ccc(S(=O)(=O)N(C)C2CC2)cc1)c1nc2ccc(Br)cc2s1. The Morgan fingerprint density at radius 1 is 1.09 bits per heavy atom. The number of carbonyl (C=O) groups is 1. The molecule has 0 saturated heterocycles. The number of fused-ring (bicyclic) bond motifs is 1. The molecule has 1 aliphatic carbocycles. The zero-order valence-corrected chi connectivity index (χ0v) is 22.8. The maximum absolute atomic E-state index is 13.6. The van der Waals surface area contributed by atoms with Crippen LogP contribution >= 0.6 is 27.3 Å². The van der Waals surface area contributed by atoms with E-state index >= 15 is 0 Å². The van der Waals surface area contributed by atoms with Crippen LogP contribution in [0.1, 0.15) is 37.0 Å². The van der Waals surface area contributed by atoms with E-state index in [1.54, 1.807) is 24.1 Å². The Hall–Kier alpha value is -1.85. The molecule has 3 aromatic rings. The molecule has 0 unspecified atom stereocenters. The second-order valence-electron chi connectivity index (χ2n) is 8.37. The van der Waals surface area contributed by atoms with Crippen LogP contribution in [-0.4, -0.2) is 67.8 Å². The molecule has 0 aliphatic heterocycles. The number of likely N-dealkylation sites (N-methyl/N-ethyl adjacent to an activating group) is 1. The molecule has 4 rings (SSSR count). The number of sulfonamides is 1. The van der Waals surface area contributed by atoms with Gasteiger partial charge in [0.25, 0.3) is 5.91 Å². The lowest BCUT2D eigenvalue weighted by Gasteiger charge is -2.25. The molecule has 1 aromatic heterocycles. The fraction of sp³-hybridized carbons (Fsp3) is 0.417. The largest absolute Gasteiger partial charge is 0.302 e. The van der Waals surface area contributed by atoms with Crippen LogP contribution in [0.15, 0.2) is 51.8 Å². The molecule has 0 spiro atoms. The van der Waals surface area contributed by atoms with Gasteiger partial charge in [-0.2, -0.15) is 4.31 Å². The molecular formula is C24H29BrN4O3S2. The average Bonchev–Trinajstić information content (AvgIpc) is 3.60. The summed E-state index contributed by atoms with van der Waals surface area (Å²) >= 11 is 4.97. The van der Waals surface area contributed by atoms with Crippen molar-refractivity contribution in [3.05, 3.63) is 52.5 Å². The predicted molar refractivity (Wildman–Crippen MR) is 141 cm³/mol. The first kappa shape index (κ1) is 25.2. The first-order valence-electron chi connectivity index (χ1n) is 11.4. The summed E-state index contributed by atoms with van der Waals surface area (Å²) in [6, 6.07) is 12.2. The zero-order chi connectivity index (χ0) is 24.5. The standard InChI is InChI=1S/C24H29BrN4O3S2/c1-4-28(5-2)14-15-29(24-26-21-13-8-18(25)16-22(21)33-24)23(30)17-6-11-20(12-7-17)34(31,32)27(3)19-9-10-19/h6-8,11-13,16,19H,4-5,9-10,14-15H2,1-3H3. The normalized spacial score (nSPS) is 14.3. The quantitative estimate of drug-likeness (QED) is 0.352. The molecule has 0 bridgehead atoms. The fourth-order valence-corrected chi connectivity index (χ4v) is 6.75. The monoisotopic (exact) mass is 564 g/mol. The summed E-state index contributed by atoms with van der Waals surface area (Å²) in [6.45, 7) is 7.20. The van der Waals surface area contributed by atoms with Crippen LogP contribution in [0.2, 0.25) is 0 Å². The van der Waals surface area contributed by atoms with Crippen LogP contribution in [0.4, 0.5) is 5.13 Å². The van der Waals surface area contributed by atoms with Crippen molar-refractivity contribution < 1.29 is 13.2 Å². The van der Waals surface area contributed by atoms with Crippen LogP contribution in [-0.2, 0) is 10.0 Å². The van der Waals surface area contributed by atoms with Gasteiger partial charge < -0.3 is 4.90 Å². The lowest BCUT2D eigenvalue weighted by atomic mass is 10.2. The van der Waals surface area contributed by atoms with E-state index in [4.69, 9.17) is 4.98 Å². The van der Waals surface area contributed by atoms with E-state index < -0.39 is 10.0 Å². The summed E-state index contributed by atoms with van der Waals surface area (Å²) in [6.07, 6.45) is 1.79. The molecule has 10 heteroatoms. The Bertz CT molecular complexity index is 1270. The van der Waals surface area contributed by atoms with Gasteiger partial charge in [-0.05, 0) is 68.4 Å². The number of hydrogen-bond donors (Lipinski definition) is 0. The lowest BCUT2D eigenvalue weighted by Crippen LogP contribution is -2.38. The minimum atomic E-state index is -3.55. The van der Waals surface area contributed by atoms with Crippen LogP contribution in [0.25, 0.3) is 10.2 Å². The van der Waals surface area contributed by atoms with E-state index in [1.807, 2.05) is 18.2 Å². The van der Waals surface area contributed by atoms with Crippen LogP contribution < -0.4 is 4.90 Å². The topological polar surface area (TPSA) is 73.8 Å². The van der Waals surface area contributed by atoms with E-state index in [2.05, 4.69) is 34.7 Å². The second-order valence-corrected chi connectivity index (χ2v) is 12.3. The van der Waals surface area contributed by atoms with Crippen molar-refractivity contribution in [1.29, 1.82) is 0 Å². The number of benzene rings is 2. The minimum absolute atomic E-state index is 0.0842. The Balaban J connectivity index is 1.62. The molecule has 1 aliphatic rings. The van der Waals surface area contributed by atoms with E-state index in [1.165, 1.54) is 27.8 Å². The summed E-state index contributed by atoms with van der Waals surface area (Å²) in [5.41, 5.74) is 1.28. The van der Waals surface area contributed by atoms with Crippen LogP contribution in [0.3, 0.4) is 0 Å². The number of hydrogen-bond acceptors (Lipinski definition) is 6. The van der Waals surface area contributed by atoms with Crippen LogP contribution in [0.5, 0.6) is 0 Å². The Kier molecular flexibility index (Phi) is 7.73. The highest BCUT2D eigenvalue weighted by Crippen LogP contribution is 2.33. The van der Waals surface area contributed by atoms with Crippen LogP contribution in [0, 0.1) is 0 Å². The van der Waals surface area contributed by atoms with Gasteiger partial charge in [0.15, 0.2) is 5.13 Å². The molecule has 182 valence electrons. The molecule has 1 saturated carbocycles. The first-order chi connectivity index (χ1) is 16.2. The Morgan fingerprint density at radius 3 is 2.38 bits per heavy atom. The number of nitrogens with zero attached hydrogens (tertiary/aromatic N) is 4. The molecular weight excluding hydrogens is 536 g/mol. The molecule has 1 fully saturated rings. The highest BCUT2D eigenvalue weighted by atomic mass is 79.9. The summed E-state index contributed by atoms with van der Waals surface area (Å²) in [7, 11) is -1.94. The summed E-state index contributed by atoms with van der Waals surface area (Å²) in [5.74, 6) is -0.190. The number of carbonyl (C=O) groups excluding carboxylic acids is 1. The molecule has 0 atom stereocenters. The van der Waals surface area contributed by atoms with Crippen molar-refractivity contribution in [1.82, 2.24) is 14.2 Å². The molecule has 1 heterocycles. The number of aromatic nitrogens is 1. The minimum Gasteiger partial charge on any atom is -0.302 e. The van der Waals surface area contributed by atoms with E-state index in [9.17, 15) is 13.2 Å². The zero-order valence-electron chi connectivity index (χ0n) is 19.6. The third kappa shape index (κ3) is 5.36. The van der Waals surface area contributed by atoms with Crippen molar-refractivity contribution in [3.8, 4) is 0 Å². The maximum atomic E-state index is 13.6. The summed E-state index contributed by atoms with van der Waals surface area (Å²) in [5, 5.41) is 0.635. The van der Waals surface area contributed by atoms with Crippen molar-refractivity contribution in [2.45, 2.75) is 37.6 Å². The first-order valence-corrected chi connectivity index (χ1v) is 14.5. The van der Waals surface area contributed by atoms with E-state index in [0.29, 0.717) is 17.2 Å². The lowest BCUT2D eigenvalue weighted by molar-refractivity contribution is 0.0983. The van der Waals surface area contributed by atoms with Gasteiger partial charge in [0.1, 0.15) is 0 Å². The van der Waals surface area contributed by atoms with Gasteiger partial charge in [0.2, 0.25) is 10.0 Å². The Morgan fingerprint density at radius 2 is 1.76 bits per heavy atom. The number of thiazole rings is 1. The third-order valence-electron chi connectivity index (χ3n) is 6.19.